The lowest BCUT2D eigenvalue weighted by Crippen LogP contribution is -2.37. The van der Waals surface area contributed by atoms with Crippen molar-refractivity contribution < 1.29 is 18.0 Å². The van der Waals surface area contributed by atoms with E-state index in [1.807, 2.05) is 13.0 Å². The van der Waals surface area contributed by atoms with E-state index in [-0.39, 0.29) is 12.2 Å². The lowest BCUT2D eigenvalue weighted by molar-refractivity contribution is -0.190. The molecule has 0 saturated heterocycles. The molecule has 0 spiro atoms. The molecule has 1 saturated carbocycles. The highest BCUT2D eigenvalue weighted by molar-refractivity contribution is 5.98. The summed E-state index contributed by atoms with van der Waals surface area (Å²) in [5, 5.41) is 0. The number of carbonyl (C=O) groups excluding carboxylic acids is 1. The molecule has 0 radical (unpaired) electrons. The van der Waals surface area contributed by atoms with E-state index in [0.29, 0.717) is 24.8 Å². The molecule has 104 valence electrons. The fourth-order valence-corrected chi connectivity index (χ4v) is 2.85. The topological polar surface area (TPSA) is 17.1 Å². The van der Waals surface area contributed by atoms with Crippen LogP contribution in [-0.2, 0) is 0 Å². The van der Waals surface area contributed by atoms with Gasteiger partial charge < -0.3 is 0 Å². The maximum atomic E-state index is 13.0. The summed E-state index contributed by atoms with van der Waals surface area (Å²) in [6.07, 6.45) is -2.59. The summed E-state index contributed by atoms with van der Waals surface area (Å²) < 4.78 is 39.0. The molecule has 0 bridgehead atoms. The molecule has 1 aromatic carbocycles. The summed E-state index contributed by atoms with van der Waals surface area (Å²) in [6.45, 7) is 1.83. The number of aryl methyl sites for hydroxylation is 1. The van der Waals surface area contributed by atoms with E-state index in [0.717, 1.165) is 5.56 Å². The Kier molecular flexibility index (Phi) is 3.97. The van der Waals surface area contributed by atoms with Gasteiger partial charge in [-0.15, -0.1) is 0 Å². The molecule has 1 fully saturated rings. The number of halogens is 3. The van der Waals surface area contributed by atoms with Gasteiger partial charge in [0.25, 0.3) is 0 Å². The van der Waals surface area contributed by atoms with Gasteiger partial charge in [0.1, 0.15) is 0 Å². The molecule has 2 rings (SSSR count). The molecular weight excluding hydrogens is 253 g/mol. The Morgan fingerprint density at radius 2 is 1.89 bits per heavy atom. The van der Waals surface area contributed by atoms with E-state index in [1.54, 1.807) is 18.2 Å². The molecule has 2 unspecified atom stereocenters. The van der Waals surface area contributed by atoms with Crippen molar-refractivity contribution in [3.05, 3.63) is 35.4 Å². The molecule has 1 aliphatic carbocycles. The molecule has 2 atom stereocenters. The smallest absolute Gasteiger partial charge is 0.294 e. The highest BCUT2D eigenvalue weighted by atomic mass is 19.4. The third kappa shape index (κ3) is 3.17. The fourth-order valence-electron chi connectivity index (χ4n) is 2.85. The lowest BCUT2D eigenvalue weighted by atomic mass is 9.75. The third-order valence-corrected chi connectivity index (χ3v) is 3.83. The zero-order chi connectivity index (χ0) is 14.0. The van der Waals surface area contributed by atoms with Crippen LogP contribution in [0.1, 0.15) is 41.6 Å². The van der Waals surface area contributed by atoms with Crippen LogP contribution in [0, 0.1) is 18.8 Å². The highest BCUT2D eigenvalue weighted by Gasteiger charge is 2.47. The average molecular weight is 270 g/mol. The summed E-state index contributed by atoms with van der Waals surface area (Å²) >= 11 is 0. The van der Waals surface area contributed by atoms with Crippen LogP contribution in [0.2, 0.25) is 0 Å². The second-order valence-electron chi connectivity index (χ2n) is 5.27. The van der Waals surface area contributed by atoms with E-state index < -0.39 is 18.0 Å². The molecule has 19 heavy (non-hydrogen) atoms. The molecule has 0 N–H and O–H groups in total. The van der Waals surface area contributed by atoms with Gasteiger partial charge in [0.15, 0.2) is 5.78 Å². The maximum absolute atomic E-state index is 13.0. The van der Waals surface area contributed by atoms with Crippen molar-refractivity contribution in [2.75, 3.05) is 0 Å². The molecule has 1 aliphatic rings. The molecule has 1 nitrogen and oxygen atoms in total. The van der Waals surface area contributed by atoms with Crippen LogP contribution in [0.3, 0.4) is 0 Å². The van der Waals surface area contributed by atoms with E-state index in [1.165, 1.54) is 0 Å². The standard InChI is InChI=1S/C15H17F3O/c1-10-5-4-6-11(9-10)14(19)12-7-2-3-8-13(12)15(16,17)18/h4-6,9,12-13H,2-3,7-8H2,1H3. The second kappa shape index (κ2) is 5.35. The summed E-state index contributed by atoms with van der Waals surface area (Å²) in [7, 11) is 0. The first-order chi connectivity index (χ1) is 8.89. The van der Waals surface area contributed by atoms with Crippen molar-refractivity contribution >= 4 is 5.78 Å². The van der Waals surface area contributed by atoms with Crippen LogP contribution < -0.4 is 0 Å². The van der Waals surface area contributed by atoms with Crippen molar-refractivity contribution in [2.45, 2.75) is 38.8 Å². The number of hydrogen-bond donors (Lipinski definition) is 0. The van der Waals surface area contributed by atoms with Crippen molar-refractivity contribution in [3.63, 3.8) is 0 Å². The second-order valence-corrected chi connectivity index (χ2v) is 5.27. The number of benzene rings is 1. The summed E-state index contributed by atoms with van der Waals surface area (Å²) in [6, 6.07) is 6.83. The Balaban J connectivity index is 2.25. The Morgan fingerprint density at radius 3 is 2.53 bits per heavy atom. The van der Waals surface area contributed by atoms with Crippen molar-refractivity contribution in [1.82, 2.24) is 0 Å². The number of carbonyl (C=O) groups is 1. The van der Waals surface area contributed by atoms with Gasteiger partial charge in [-0.05, 0) is 25.8 Å². The minimum Gasteiger partial charge on any atom is -0.294 e. The van der Waals surface area contributed by atoms with Crippen molar-refractivity contribution in [1.29, 1.82) is 0 Å². The van der Waals surface area contributed by atoms with E-state index in [2.05, 4.69) is 0 Å². The zero-order valence-electron chi connectivity index (χ0n) is 10.8. The number of hydrogen-bond acceptors (Lipinski definition) is 1. The molecule has 0 amide bonds. The normalized spacial score (nSPS) is 24.2. The molecule has 0 aliphatic heterocycles. The summed E-state index contributed by atoms with van der Waals surface area (Å²) in [4.78, 5) is 12.3. The first-order valence-corrected chi connectivity index (χ1v) is 6.57. The lowest BCUT2D eigenvalue weighted by Gasteiger charge is -2.32. The van der Waals surface area contributed by atoms with Gasteiger partial charge in [-0.2, -0.15) is 13.2 Å². The Hall–Kier alpha value is -1.32. The van der Waals surface area contributed by atoms with Crippen LogP contribution in [0.15, 0.2) is 24.3 Å². The summed E-state index contributed by atoms with van der Waals surface area (Å²) in [5.41, 5.74) is 1.30. The predicted octanol–water partition coefficient (Wildman–Crippen LogP) is 4.55. The van der Waals surface area contributed by atoms with E-state index in [9.17, 15) is 18.0 Å². The first-order valence-electron chi connectivity index (χ1n) is 6.57. The van der Waals surface area contributed by atoms with Gasteiger partial charge in [-0.25, -0.2) is 0 Å². The molecular formula is C15H17F3O. The Labute approximate surface area is 110 Å². The van der Waals surface area contributed by atoms with E-state index in [4.69, 9.17) is 0 Å². The molecule has 4 heteroatoms. The van der Waals surface area contributed by atoms with Gasteiger partial charge in [0, 0.05) is 11.5 Å². The molecule has 1 aromatic rings. The highest BCUT2D eigenvalue weighted by Crippen LogP contribution is 2.42. The molecule has 0 heterocycles. The Morgan fingerprint density at radius 1 is 1.21 bits per heavy atom. The monoisotopic (exact) mass is 270 g/mol. The quantitative estimate of drug-likeness (QED) is 0.721. The minimum absolute atomic E-state index is 0.0751. The largest absolute Gasteiger partial charge is 0.392 e. The average Bonchev–Trinajstić information content (AvgIpc) is 2.37. The fraction of sp³-hybridized carbons (Fsp3) is 0.533. The van der Waals surface area contributed by atoms with Crippen LogP contribution in [0.5, 0.6) is 0 Å². The van der Waals surface area contributed by atoms with Crippen LogP contribution >= 0.6 is 0 Å². The van der Waals surface area contributed by atoms with Gasteiger partial charge in [-0.1, -0.05) is 36.6 Å². The first kappa shape index (κ1) is 14.1. The number of alkyl halides is 3. The van der Waals surface area contributed by atoms with Crippen molar-refractivity contribution in [2.24, 2.45) is 11.8 Å². The SMILES string of the molecule is Cc1cccc(C(=O)C2CCCCC2C(F)(F)F)c1. The number of Topliss-reactive ketones (excluding diaryl/α,β-unsaturated/α-hetero) is 1. The number of ketones is 1. The minimum atomic E-state index is -4.27. The Bertz CT molecular complexity index is 465. The maximum Gasteiger partial charge on any atom is 0.392 e. The van der Waals surface area contributed by atoms with Gasteiger partial charge >= 0.3 is 6.18 Å². The summed E-state index contributed by atoms with van der Waals surface area (Å²) in [5.74, 6) is -2.74. The van der Waals surface area contributed by atoms with E-state index >= 15 is 0 Å². The van der Waals surface area contributed by atoms with Gasteiger partial charge in [0.05, 0.1) is 5.92 Å². The van der Waals surface area contributed by atoms with Gasteiger partial charge in [-0.3, -0.25) is 4.79 Å². The van der Waals surface area contributed by atoms with Crippen molar-refractivity contribution in [3.8, 4) is 0 Å². The zero-order valence-corrected chi connectivity index (χ0v) is 10.8. The van der Waals surface area contributed by atoms with Crippen LogP contribution in [0.4, 0.5) is 13.2 Å². The van der Waals surface area contributed by atoms with Crippen LogP contribution in [-0.4, -0.2) is 12.0 Å². The van der Waals surface area contributed by atoms with Crippen LogP contribution in [0.25, 0.3) is 0 Å². The van der Waals surface area contributed by atoms with Gasteiger partial charge in [0.2, 0.25) is 0 Å². The predicted molar refractivity (Wildman–Crippen MR) is 67.0 cm³/mol. The number of rotatable bonds is 2. The third-order valence-electron chi connectivity index (χ3n) is 3.83. The molecule has 0 aromatic heterocycles.